The third-order valence-corrected chi connectivity index (χ3v) is 3.85. The van der Waals surface area contributed by atoms with E-state index < -0.39 is 0 Å². The third kappa shape index (κ3) is 5.13. The molecule has 0 fully saturated rings. The van der Waals surface area contributed by atoms with Crippen LogP contribution in [-0.4, -0.2) is 27.3 Å². The molecule has 0 amide bonds. The number of hydrogen-bond donors (Lipinski definition) is 1. The molecule has 1 aromatic heterocycles. The standard InChI is InChI=1S/C13H25N3S/c1-5-12-9-13(16(4)15-12)10-14-11(3)7-8-17-6-2/h9,11,14H,5-8,10H2,1-4H3. The summed E-state index contributed by atoms with van der Waals surface area (Å²) in [7, 11) is 2.02. The molecule has 0 aliphatic heterocycles. The molecule has 0 spiro atoms. The van der Waals surface area contributed by atoms with E-state index in [1.807, 2.05) is 23.5 Å². The fraction of sp³-hybridized carbons (Fsp3) is 0.769. The molecule has 0 radical (unpaired) electrons. The average Bonchev–Trinajstić information content (AvgIpc) is 2.68. The zero-order chi connectivity index (χ0) is 12.7. The number of nitrogens with zero attached hydrogens (tertiary/aromatic N) is 2. The maximum atomic E-state index is 4.46. The minimum absolute atomic E-state index is 0.578. The number of nitrogens with one attached hydrogen (secondary N) is 1. The van der Waals surface area contributed by atoms with Gasteiger partial charge in [-0.1, -0.05) is 13.8 Å². The van der Waals surface area contributed by atoms with Gasteiger partial charge in [0.25, 0.3) is 0 Å². The van der Waals surface area contributed by atoms with E-state index in [0.29, 0.717) is 6.04 Å². The lowest BCUT2D eigenvalue weighted by atomic mass is 10.2. The van der Waals surface area contributed by atoms with Crippen LogP contribution in [0.5, 0.6) is 0 Å². The molecule has 17 heavy (non-hydrogen) atoms. The summed E-state index contributed by atoms with van der Waals surface area (Å²) in [4.78, 5) is 0. The van der Waals surface area contributed by atoms with Gasteiger partial charge in [0.1, 0.15) is 0 Å². The summed E-state index contributed by atoms with van der Waals surface area (Å²) in [6.07, 6.45) is 2.24. The predicted octanol–water partition coefficient (Wildman–Crippen LogP) is 2.60. The van der Waals surface area contributed by atoms with Gasteiger partial charge in [0, 0.05) is 19.6 Å². The van der Waals surface area contributed by atoms with Gasteiger partial charge in [-0.15, -0.1) is 0 Å². The Morgan fingerprint density at radius 1 is 1.47 bits per heavy atom. The van der Waals surface area contributed by atoms with E-state index in [1.165, 1.54) is 29.3 Å². The summed E-state index contributed by atoms with van der Waals surface area (Å²) in [6, 6.07) is 2.77. The Balaban J connectivity index is 2.31. The van der Waals surface area contributed by atoms with E-state index >= 15 is 0 Å². The first-order valence-electron chi connectivity index (χ1n) is 6.50. The van der Waals surface area contributed by atoms with E-state index in [1.54, 1.807) is 0 Å². The van der Waals surface area contributed by atoms with E-state index in [4.69, 9.17) is 0 Å². The van der Waals surface area contributed by atoms with Crippen LogP contribution in [0, 0.1) is 0 Å². The third-order valence-electron chi connectivity index (χ3n) is 2.92. The Morgan fingerprint density at radius 3 is 2.82 bits per heavy atom. The van der Waals surface area contributed by atoms with Crippen LogP contribution in [0.25, 0.3) is 0 Å². The van der Waals surface area contributed by atoms with Gasteiger partial charge < -0.3 is 5.32 Å². The van der Waals surface area contributed by atoms with Crippen molar-refractivity contribution in [1.29, 1.82) is 0 Å². The monoisotopic (exact) mass is 255 g/mol. The van der Waals surface area contributed by atoms with Crippen molar-refractivity contribution >= 4 is 11.8 Å². The molecule has 4 heteroatoms. The van der Waals surface area contributed by atoms with Crippen molar-refractivity contribution in [2.45, 2.75) is 46.2 Å². The summed E-state index contributed by atoms with van der Waals surface area (Å²) < 4.78 is 1.99. The lowest BCUT2D eigenvalue weighted by Crippen LogP contribution is -2.27. The zero-order valence-corrected chi connectivity index (χ0v) is 12.3. The highest BCUT2D eigenvalue weighted by Gasteiger charge is 2.06. The molecular weight excluding hydrogens is 230 g/mol. The van der Waals surface area contributed by atoms with Crippen molar-refractivity contribution < 1.29 is 0 Å². The summed E-state index contributed by atoms with van der Waals surface area (Å²) in [5.41, 5.74) is 2.45. The second-order valence-electron chi connectivity index (χ2n) is 4.37. The van der Waals surface area contributed by atoms with Gasteiger partial charge in [0.2, 0.25) is 0 Å². The van der Waals surface area contributed by atoms with Crippen LogP contribution < -0.4 is 5.32 Å². The van der Waals surface area contributed by atoms with Gasteiger partial charge in [0.15, 0.2) is 0 Å². The van der Waals surface area contributed by atoms with E-state index in [0.717, 1.165) is 13.0 Å². The molecule has 0 aromatic carbocycles. The van der Waals surface area contributed by atoms with Crippen molar-refractivity contribution in [1.82, 2.24) is 15.1 Å². The van der Waals surface area contributed by atoms with Gasteiger partial charge in [-0.2, -0.15) is 16.9 Å². The highest BCUT2D eigenvalue weighted by atomic mass is 32.2. The zero-order valence-electron chi connectivity index (χ0n) is 11.5. The summed E-state index contributed by atoms with van der Waals surface area (Å²) in [5, 5.41) is 8.02. The van der Waals surface area contributed by atoms with Crippen molar-refractivity contribution in [2.75, 3.05) is 11.5 Å². The van der Waals surface area contributed by atoms with E-state index in [9.17, 15) is 0 Å². The van der Waals surface area contributed by atoms with E-state index in [2.05, 4.69) is 37.3 Å². The van der Waals surface area contributed by atoms with Crippen molar-refractivity contribution in [3.63, 3.8) is 0 Å². The normalized spacial score (nSPS) is 12.9. The van der Waals surface area contributed by atoms with Crippen LogP contribution in [0.4, 0.5) is 0 Å². The predicted molar refractivity (Wildman–Crippen MR) is 76.5 cm³/mol. The molecule has 1 heterocycles. The number of aryl methyl sites for hydroxylation is 2. The quantitative estimate of drug-likeness (QED) is 0.724. The highest BCUT2D eigenvalue weighted by molar-refractivity contribution is 7.99. The molecule has 0 bridgehead atoms. The van der Waals surface area contributed by atoms with Crippen molar-refractivity contribution in [3.8, 4) is 0 Å². The molecule has 0 saturated carbocycles. The van der Waals surface area contributed by atoms with Crippen molar-refractivity contribution in [2.24, 2.45) is 7.05 Å². The molecule has 0 saturated heterocycles. The number of thioether (sulfide) groups is 1. The van der Waals surface area contributed by atoms with Gasteiger partial charge >= 0.3 is 0 Å². The average molecular weight is 255 g/mol. The Hall–Kier alpha value is -0.480. The Labute approximate surface area is 109 Å². The van der Waals surface area contributed by atoms with Crippen LogP contribution in [-0.2, 0) is 20.0 Å². The first-order valence-corrected chi connectivity index (χ1v) is 7.65. The summed E-state index contributed by atoms with van der Waals surface area (Å²) in [5.74, 6) is 2.46. The Kier molecular flexibility index (Phi) is 6.66. The molecule has 0 aliphatic rings. The summed E-state index contributed by atoms with van der Waals surface area (Å²) >= 11 is 2.01. The molecular formula is C13H25N3S. The van der Waals surface area contributed by atoms with Crippen LogP contribution >= 0.6 is 11.8 Å². The largest absolute Gasteiger partial charge is 0.309 e. The summed E-state index contributed by atoms with van der Waals surface area (Å²) in [6.45, 7) is 7.53. The molecule has 1 N–H and O–H groups in total. The molecule has 0 aliphatic carbocycles. The van der Waals surface area contributed by atoms with Crippen molar-refractivity contribution in [3.05, 3.63) is 17.5 Å². The molecule has 1 atom stereocenters. The molecule has 1 aromatic rings. The number of aromatic nitrogens is 2. The first-order chi connectivity index (χ1) is 8.17. The Morgan fingerprint density at radius 2 is 2.24 bits per heavy atom. The first kappa shape index (κ1) is 14.6. The van der Waals surface area contributed by atoms with Gasteiger partial charge in [0.05, 0.1) is 11.4 Å². The molecule has 98 valence electrons. The lowest BCUT2D eigenvalue weighted by molar-refractivity contribution is 0.519. The van der Waals surface area contributed by atoms with Crippen LogP contribution in [0.1, 0.15) is 38.6 Å². The lowest BCUT2D eigenvalue weighted by Gasteiger charge is -2.13. The Bertz CT molecular complexity index is 322. The molecule has 1 rings (SSSR count). The van der Waals surface area contributed by atoms with Crippen LogP contribution in [0.3, 0.4) is 0 Å². The fourth-order valence-corrected chi connectivity index (χ4v) is 2.50. The SMILES string of the molecule is CCSCCC(C)NCc1cc(CC)nn1C. The van der Waals surface area contributed by atoms with Crippen LogP contribution in [0.15, 0.2) is 6.07 Å². The van der Waals surface area contributed by atoms with Gasteiger partial charge in [-0.05, 0) is 37.3 Å². The van der Waals surface area contributed by atoms with Crippen LogP contribution in [0.2, 0.25) is 0 Å². The maximum Gasteiger partial charge on any atom is 0.0625 e. The maximum absolute atomic E-state index is 4.46. The second-order valence-corrected chi connectivity index (χ2v) is 5.77. The molecule has 3 nitrogen and oxygen atoms in total. The van der Waals surface area contributed by atoms with Gasteiger partial charge in [-0.3, -0.25) is 4.68 Å². The van der Waals surface area contributed by atoms with Gasteiger partial charge in [-0.25, -0.2) is 0 Å². The minimum Gasteiger partial charge on any atom is -0.309 e. The smallest absolute Gasteiger partial charge is 0.0625 e. The topological polar surface area (TPSA) is 29.9 Å². The second kappa shape index (κ2) is 7.77. The number of hydrogen-bond acceptors (Lipinski definition) is 3. The fourth-order valence-electron chi connectivity index (χ4n) is 1.70. The highest BCUT2D eigenvalue weighted by Crippen LogP contribution is 2.06. The number of rotatable bonds is 8. The van der Waals surface area contributed by atoms with E-state index in [-0.39, 0.29) is 0 Å². The molecule has 1 unspecified atom stereocenters. The minimum atomic E-state index is 0.578.